The zero-order chi connectivity index (χ0) is 13.8. The number of hydrogen-bond donors (Lipinski definition) is 1. The van der Waals surface area contributed by atoms with Crippen LogP contribution in [0.2, 0.25) is 0 Å². The lowest BCUT2D eigenvalue weighted by atomic mass is 10.0. The van der Waals surface area contributed by atoms with E-state index in [0.717, 1.165) is 19.6 Å². The lowest BCUT2D eigenvalue weighted by molar-refractivity contribution is 0.318. The van der Waals surface area contributed by atoms with Gasteiger partial charge in [0, 0.05) is 37.7 Å². The molecule has 0 unspecified atom stereocenters. The molecule has 20 heavy (non-hydrogen) atoms. The molecule has 3 heteroatoms. The lowest BCUT2D eigenvalue weighted by Crippen LogP contribution is -2.18. The maximum absolute atomic E-state index is 4.17. The Labute approximate surface area is 120 Å². The summed E-state index contributed by atoms with van der Waals surface area (Å²) in [7, 11) is 2.16. The fraction of sp³-hybridized carbons (Fsp3) is 0.353. The molecule has 0 aliphatic carbocycles. The molecule has 1 N–H and O–H groups in total. The second kappa shape index (κ2) is 6.06. The average Bonchev–Trinajstić information content (AvgIpc) is 2.48. The van der Waals surface area contributed by atoms with Crippen molar-refractivity contribution >= 4 is 5.69 Å². The molecule has 0 radical (unpaired) electrons. The minimum Gasteiger partial charge on any atom is -0.385 e. The molecule has 0 amide bonds. The number of nitrogens with zero attached hydrogens (tertiary/aromatic N) is 2. The van der Waals surface area contributed by atoms with E-state index in [1.807, 2.05) is 18.5 Å². The van der Waals surface area contributed by atoms with Gasteiger partial charge in [0.25, 0.3) is 0 Å². The molecule has 1 aliphatic heterocycles. The van der Waals surface area contributed by atoms with Crippen LogP contribution in [0.3, 0.4) is 0 Å². The topological polar surface area (TPSA) is 28.2 Å². The second-order valence-corrected chi connectivity index (χ2v) is 5.56. The Hall–Kier alpha value is -1.87. The molecule has 0 saturated carbocycles. The van der Waals surface area contributed by atoms with E-state index in [2.05, 4.69) is 46.5 Å². The van der Waals surface area contributed by atoms with Gasteiger partial charge >= 0.3 is 0 Å². The molecule has 1 aliphatic rings. The third-order valence-electron chi connectivity index (χ3n) is 3.74. The number of fused-ring (bicyclic) bond motifs is 1. The highest BCUT2D eigenvalue weighted by Gasteiger charge is 2.09. The number of aromatic nitrogens is 1. The Morgan fingerprint density at radius 2 is 2.10 bits per heavy atom. The maximum Gasteiger partial charge on any atom is 0.0372 e. The molecular weight excluding hydrogens is 246 g/mol. The molecule has 2 aromatic rings. The number of rotatable bonds is 4. The van der Waals surface area contributed by atoms with Crippen LogP contribution in [-0.4, -0.2) is 23.5 Å². The van der Waals surface area contributed by atoms with Gasteiger partial charge in [-0.2, -0.15) is 0 Å². The van der Waals surface area contributed by atoms with E-state index in [0.29, 0.717) is 0 Å². The van der Waals surface area contributed by atoms with Crippen LogP contribution >= 0.6 is 0 Å². The highest BCUT2D eigenvalue weighted by atomic mass is 15.1. The molecule has 0 saturated heterocycles. The summed E-state index contributed by atoms with van der Waals surface area (Å²) >= 11 is 0. The van der Waals surface area contributed by atoms with Crippen molar-refractivity contribution in [1.82, 2.24) is 9.88 Å². The van der Waals surface area contributed by atoms with Gasteiger partial charge in [0.05, 0.1) is 0 Å². The van der Waals surface area contributed by atoms with E-state index in [4.69, 9.17) is 0 Å². The molecule has 1 aromatic heterocycles. The molecule has 0 bridgehead atoms. The summed E-state index contributed by atoms with van der Waals surface area (Å²) < 4.78 is 0. The Bertz CT molecular complexity index is 566. The second-order valence-electron chi connectivity index (χ2n) is 5.56. The van der Waals surface area contributed by atoms with Crippen molar-refractivity contribution < 1.29 is 0 Å². The highest BCUT2D eigenvalue weighted by molar-refractivity contribution is 5.54. The summed E-state index contributed by atoms with van der Waals surface area (Å²) in [5, 5.41) is 3.46. The lowest BCUT2D eigenvalue weighted by Gasteiger charge is -2.21. The first-order valence-electron chi connectivity index (χ1n) is 7.24. The number of aryl methyl sites for hydroxylation is 1. The number of anilines is 1. The van der Waals surface area contributed by atoms with Gasteiger partial charge in [-0.05, 0) is 48.7 Å². The minimum absolute atomic E-state index is 0.934. The first-order valence-corrected chi connectivity index (χ1v) is 7.24. The van der Waals surface area contributed by atoms with Crippen molar-refractivity contribution in [1.29, 1.82) is 0 Å². The molecule has 0 atom stereocenters. The molecule has 1 aromatic carbocycles. The monoisotopic (exact) mass is 267 g/mol. The van der Waals surface area contributed by atoms with Crippen LogP contribution in [0.5, 0.6) is 0 Å². The van der Waals surface area contributed by atoms with E-state index in [1.54, 1.807) is 0 Å². The summed E-state index contributed by atoms with van der Waals surface area (Å²) in [6.07, 6.45) is 6.19. The third kappa shape index (κ3) is 3.17. The number of nitrogens with one attached hydrogen (secondary N) is 1. The van der Waals surface area contributed by atoms with E-state index in [9.17, 15) is 0 Å². The van der Waals surface area contributed by atoms with E-state index in [1.165, 1.54) is 35.2 Å². The van der Waals surface area contributed by atoms with Crippen LogP contribution in [0.25, 0.3) is 0 Å². The Morgan fingerprint density at radius 1 is 1.20 bits per heavy atom. The van der Waals surface area contributed by atoms with E-state index >= 15 is 0 Å². The van der Waals surface area contributed by atoms with Gasteiger partial charge in [-0.25, -0.2) is 0 Å². The van der Waals surface area contributed by atoms with Crippen LogP contribution < -0.4 is 5.32 Å². The predicted molar refractivity (Wildman–Crippen MR) is 82.7 cm³/mol. The summed E-state index contributed by atoms with van der Waals surface area (Å²) in [6, 6.07) is 10.9. The molecular formula is C17H21N3. The minimum atomic E-state index is 0.934. The van der Waals surface area contributed by atoms with Crippen LogP contribution in [0, 0.1) is 0 Å². The summed E-state index contributed by atoms with van der Waals surface area (Å²) in [5.74, 6) is 0. The smallest absolute Gasteiger partial charge is 0.0372 e. The summed E-state index contributed by atoms with van der Waals surface area (Å²) in [4.78, 5) is 6.50. The Balaban J connectivity index is 1.65. The molecule has 3 nitrogen and oxygen atoms in total. The van der Waals surface area contributed by atoms with Crippen molar-refractivity contribution in [3.05, 3.63) is 59.4 Å². The SMILES string of the molecule is CN(Cc1cccnc1)Cc1ccc2c(c1)CCCN2. The standard InChI is InChI=1S/C17H21N3/c1-20(13-15-4-2-8-18-11-15)12-14-6-7-17-16(10-14)5-3-9-19-17/h2,4,6-8,10-11,19H,3,5,9,12-13H2,1H3. The molecule has 0 fully saturated rings. The normalized spacial score (nSPS) is 13.9. The van der Waals surface area contributed by atoms with Crippen molar-refractivity contribution in [2.45, 2.75) is 25.9 Å². The fourth-order valence-corrected chi connectivity index (χ4v) is 2.80. The van der Waals surface area contributed by atoms with Gasteiger partial charge in [0.2, 0.25) is 0 Å². The van der Waals surface area contributed by atoms with Crippen molar-refractivity contribution in [2.24, 2.45) is 0 Å². The molecule has 2 heterocycles. The number of benzene rings is 1. The van der Waals surface area contributed by atoms with E-state index < -0.39 is 0 Å². The van der Waals surface area contributed by atoms with Crippen molar-refractivity contribution in [3.8, 4) is 0 Å². The average molecular weight is 267 g/mol. The first-order chi connectivity index (χ1) is 9.81. The fourth-order valence-electron chi connectivity index (χ4n) is 2.80. The third-order valence-corrected chi connectivity index (χ3v) is 3.74. The Kier molecular flexibility index (Phi) is 3.97. The number of hydrogen-bond acceptors (Lipinski definition) is 3. The van der Waals surface area contributed by atoms with Gasteiger partial charge < -0.3 is 5.32 Å². The quantitative estimate of drug-likeness (QED) is 0.922. The van der Waals surface area contributed by atoms with Crippen LogP contribution in [0.1, 0.15) is 23.1 Å². The Morgan fingerprint density at radius 3 is 2.95 bits per heavy atom. The zero-order valence-corrected chi connectivity index (χ0v) is 12.0. The van der Waals surface area contributed by atoms with Gasteiger partial charge in [-0.15, -0.1) is 0 Å². The van der Waals surface area contributed by atoms with Gasteiger partial charge in [0.15, 0.2) is 0 Å². The van der Waals surface area contributed by atoms with E-state index in [-0.39, 0.29) is 0 Å². The highest BCUT2D eigenvalue weighted by Crippen LogP contribution is 2.23. The number of pyridine rings is 1. The molecule has 104 valence electrons. The van der Waals surface area contributed by atoms with Gasteiger partial charge in [0.1, 0.15) is 0 Å². The van der Waals surface area contributed by atoms with Gasteiger partial charge in [-0.3, -0.25) is 9.88 Å². The molecule has 3 rings (SSSR count). The van der Waals surface area contributed by atoms with Crippen LogP contribution in [-0.2, 0) is 19.5 Å². The molecule has 0 spiro atoms. The predicted octanol–water partition coefficient (Wildman–Crippen LogP) is 3.07. The van der Waals surface area contributed by atoms with Crippen molar-refractivity contribution in [3.63, 3.8) is 0 Å². The maximum atomic E-state index is 4.17. The van der Waals surface area contributed by atoms with Gasteiger partial charge in [-0.1, -0.05) is 18.2 Å². The van der Waals surface area contributed by atoms with Crippen LogP contribution in [0.15, 0.2) is 42.7 Å². The zero-order valence-electron chi connectivity index (χ0n) is 12.0. The van der Waals surface area contributed by atoms with Crippen LogP contribution in [0.4, 0.5) is 5.69 Å². The van der Waals surface area contributed by atoms with Crippen molar-refractivity contribution in [2.75, 3.05) is 18.9 Å². The largest absolute Gasteiger partial charge is 0.385 e. The first kappa shape index (κ1) is 13.1. The summed E-state index contributed by atoms with van der Waals surface area (Å²) in [6.45, 7) is 3.01. The summed E-state index contributed by atoms with van der Waals surface area (Å²) in [5.41, 5.74) is 5.42.